The lowest BCUT2D eigenvalue weighted by Gasteiger charge is -2.51. The smallest absolute Gasteiger partial charge is 0.305 e. The van der Waals surface area contributed by atoms with Crippen molar-refractivity contribution >= 4 is 47.6 Å². The van der Waals surface area contributed by atoms with Gasteiger partial charge in [-0.15, -0.1) is 0 Å². The number of amides is 3. The van der Waals surface area contributed by atoms with Gasteiger partial charge in [-0.25, -0.2) is 0 Å². The quantitative estimate of drug-likeness (QED) is 0.0927. The molecule has 22 heteroatoms. The molecule has 0 aliphatic carbocycles. The Hall–Kier alpha value is -4.48. The molecule has 15 atom stereocenters. The summed E-state index contributed by atoms with van der Waals surface area (Å²) in [4.78, 5) is 99.4. The van der Waals surface area contributed by atoms with E-state index in [1.165, 1.54) is 27.9 Å². The molecule has 3 rings (SSSR count). The standard InChI is InChI=1S/C39H61N3O19/c1-17-29(41-21(5)44)32(34(57-24(8)47)37(53-17)52-16-14-12-13-15-27(50)51-11)60-39-36(59-26(10)49)33(30(19(3)55-39)42-22(6)45)61-38-35(58-25(9)48)31(56-23(7)46)28(18(2)54-38)40-20(4)43/h17-19,28-39H,12-16H2,1-11H3,(H,40,43)(H,41,44)(H,42,45)/t17-,18-,19-,28-,29-,30-,31+,32+,33+,34+,35+,36+,37+,38-,39-/m1/s1. The van der Waals surface area contributed by atoms with Crippen molar-refractivity contribution in [3.05, 3.63) is 0 Å². The number of rotatable bonds is 18. The average Bonchev–Trinajstić information content (AvgIpc) is 3.13. The Morgan fingerprint density at radius 2 is 0.803 bits per heavy atom. The highest BCUT2D eigenvalue weighted by molar-refractivity contribution is 5.74. The number of ether oxygens (including phenoxy) is 11. The Balaban J connectivity index is 2.10. The molecule has 61 heavy (non-hydrogen) atoms. The van der Waals surface area contributed by atoms with Crippen molar-refractivity contribution in [3.8, 4) is 0 Å². The molecule has 0 bridgehead atoms. The number of nitrogens with one attached hydrogen (secondary N) is 3. The van der Waals surface area contributed by atoms with Crippen LogP contribution in [-0.4, -0.2) is 153 Å². The molecule has 3 amide bonds. The average molecular weight is 876 g/mol. The van der Waals surface area contributed by atoms with Crippen LogP contribution in [0.4, 0.5) is 0 Å². The van der Waals surface area contributed by atoms with Crippen molar-refractivity contribution in [1.29, 1.82) is 0 Å². The predicted molar refractivity (Wildman–Crippen MR) is 204 cm³/mol. The highest BCUT2D eigenvalue weighted by Gasteiger charge is 2.57. The van der Waals surface area contributed by atoms with Crippen LogP contribution in [0.3, 0.4) is 0 Å². The van der Waals surface area contributed by atoms with Crippen LogP contribution in [0.5, 0.6) is 0 Å². The zero-order chi connectivity index (χ0) is 45.7. The van der Waals surface area contributed by atoms with E-state index >= 15 is 0 Å². The van der Waals surface area contributed by atoms with Gasteiger partial charge in [-0.2, -0.15) is 0 Å². The number of unbranched alkanes of at least 4 members (excludes halogenated alkanes) is 2. The van der Waals surface area contributed by atoms with E-state index in [4.69, 9.17) is 47.4 Å². The van der Waals surface area contributed by atoms with Crippen LogP contribution in [0.25, 0.3) is 0 Å². The van der Waals surface area contributed by atoms with Crippen molar-refractivity contribution in [2.45, 2.75) is 187 Å². The lowest BCUT2D eigenvalue weighted by atomic mass is 9.93. The lowest BCUT2D eigenvalue weighted by Crippen LogP contribution is -2.71. The molecule has 3 aliphatic heterocycles. The Morgan fingerprint density at radius 3 is 1.18 bits per heavy atom. The van der Waals surface area contributed by atoms with Gasteiger partial charge in [0.15, 0.2) is 43.3 Å². The maximum Gasteiger partial charge on any atom is 0.305 e. The molecular weight excluding hydrogens is 814 g/mol. The summed E-state index contributed by atoms with van der Waals surface area (Å²) in [6.45, 7) is 13.0. The summed E-state index contributed by atoms with van der Waals surface area (Å²) in [5.41, 5.74) is 0. The normalized spacial score (nSPS) is 33.5. The summed E-state index contributed by atoms with van der Waals surface area (Å²) in [5, 5.41) is 8.17. The van der Waals surface area contributed by atoms with Gasteiger partial charge >= 0.3 is 29.8 Å². The number of methoxy groups -OCH3 is 1. The van der Waals surface area contributed by atoms with E-state index in [9.17, 15) is 38.4 Å². The molecule has 3 N–H and O–H groups in total. The van der Waals surface area contributed by atoms with Crippen LogP contribution in [0.2, 0.25) is 0 Å². The Morgan fingerprint density at radius 1 is 0.459 bits per heavy atom. The number of carbonyl (C=O) groups excluding carboxylic acids is 8. The number of hydrogen-bond acceptors (Lipinski definition) is 19. The second-order valence-electron chi connectivity index (χ2n) is 15.1. The molecule has 0 aromatic carbocycles. The third-order valence-electron chi connectivity index (χ3n) is 9.84. The highest BCUT2D eigenvalue weighted by atomic mass is 16.8. The van der Waals surface area contributed by atoms with Gasteiger partial charge in [0.2, 0.25) is 17.7 Å². The lowest BCUT2D eigenvalue weighted by molar-refractivity contribution is -0.356. The van der Waals surface area contributed by atoms with E-state index in [0.717, 1.165) is 27.7 Å². The number of carbonyl (C=O) groups is 8. The highest BCUT2D eigenvalue weighted by Crippen LogP contribution is 2.36. The second-order valence-corrected chi connectivity index (χ2v) is 15.1. The van der Waals surface area contributed by atoms with Crippen molar-refractivity contribution in [2.75, 3.05) is 13.7 Å². The predicted octanol–water partition coefficient (Wildman–Crippen LogP) is -0.0179. The topological polar surface area (TPSA) is 274 Å². The first-order valence-corrected chi connectivity index (χ1v) is 20.1. The molecule has 22 nitrogen and oxygen atoms in total. The van der Waals surface area contributed by atoms with E-state index in [-0.39, 0.29) is 19.0 Å². The van der Waals surface area contributed by atoms with Crippen molar-refractivity contribution in [1.82, 2.24) is 16.0 Å². The Labute approximate surface area is 354 Å². The van der Waals surface area contributed by atoms with E-state index in [0.29, 0.717) is 19.3 Å². The molecule has 3 aliphatic rings. The summed E-state index contributed by atoms with van der Waals surface area (Å²) < 4.78 is 65.3. The van der Waals surface area contributed by atoms with Crippen LogP contribution >= 0.6 is 0 Å². The molecule has 346 valence electrons. The monoisotopic (exact) mass is 875 g/mol. The van der Waals surface area contributed by atoms with Gasteiger partial charge in [0.05, 0.1) is 43.5 Å². The molecular formula is C39H61N3O19. The van der Waals surface area contributed by atoms with Crippen molar-refractivity contribution in [3.63, 3.8) is 0 Å². The molecule has 0 saturated carbocycles. The van der Waals surface area contributed by atoms with Crippen LogP contribution in [0.1, 0.15) is 94.9 Å². The molecule has 3 saturated heterocycles. The minimum atomic E-state index is -1.61. The second kappa shape index (κ2) is 23.7. The summed E-state index contributed by atoms with van der Waals surface area (Å²) in [5.74, 6) is -5.13. The van der Waals surface area contributed by atoms with Gasteiger partial charge < -0.3 is 68.1 Å². The van der Waals surface area contributed by atoms with Crippen LogP contribution in [-0.2, 0) is 90.5 Å². The summed E-state index contributed by atoms with van der Waals surface area (Å²) in [6.07, 6.45) is -14.0. The molecule has 0 radical (unpaired) electrons. The van der Waals surface area contributed by atoms with E-state index in [2.05, 4.69) is 20.7 Å². The van der Waals surface area contributed by atoms with Crippen LogP contribution < -0.4 is 16.0 Å². The fraction of sp³-hybridized carbons (Fsp3) is 0.795. The number of hydrogen-bond donors (Lipinski definition) is 3. The summed E-state index contributed by atoms with van der Waals surface area (Å²) in [7, 11) is 1.30. The maximum atomic E-state index is 12.9. The first kappa shape index (κ1) is 50.9. The fourth-order valence-corrected chi connectivity index (χ4v) is 7.41. The van der Waals surface area contributed by atoms with Gasteiger partial charge in [-0.3, -0.25) is 38.4 Å². The zero-order valence-electron chi connectivity index (χ0n) is 36.5. The molecule has 3 heterocycles. The third-order valence-corrected chi connectivity index (χ3v) is 9.84. The maximum absolute atomic E-state index is 12.9. The van der Waals surface area contributed by atoms with E-state index in [1.54, 1.807) is 20.8 Å². The van der Waals surface area contributed by atoms with Gasteiger partial charge in [0, 0.05) is 61.5 Å². The summed E-state index contributed by atoms with van der Waals surface area (Å²) >= 11 is 0. The Kier molecular flexibility index (Phi) is 19.7. The van der Waals surface area contributed by atoms with Crippen LogP contribution in [0, 0.1) is 0 Å². The van der Waals surface area contributed by atoms with Gasteiger partial charge in [-0.1, -0.05) is 6.42 Å². The third kappa shape index (κ3) is 15.1. The van der Waals surface area contributed by atoms with Crippen LogP contribution in [0.15, 0.2) is 0 Å². The molecule has 0 aromatic rings. The van der Waals surface area contributed by atoms with Crippen molar-refractivity contribution < 1.29 is 90.5 Å². The largest absolute Gasteiger partial charge is 0.469 e. The van der Waals surface area contributed by atoms with Gasteiger partial charge in [-0.05, 0) is 33.6 Å². The van der Waals surface area contributed by atoms with Crippen molar-refractivity contribution in [2.24, 2.45) is 0 Å². The molecule has 3 fully saturated rings. The first-order chi connectivity index (χ1) is 28.6. The minimum Gasteiger partial charge on any atom is -0.469 e. The first-order valence-electron chi connectivity index (χ1n) is 20.1. The molecule has 0 spiro atoms. The van der Waals surface area contributed by atoms with Gasteiger partial charge in [0.25, 0.3) is 0 Å². The van der Waals surface area contributed by atoms with E-state index in [1.807, 2.05) is 0 Å². The summed E-state index contributed by atoms with van der Waals surface area (Å²) in [6, 6.07) is -3.18. The van der Waals surface area contributed by atoms with E-state index < -0.39 is 134 Å². The molecule has 0 unspecified atom stereocenters. The Bertz CT molecular complexity index is 1560. The zero-order valence-corrected chi connectivity index (χ0v) is 36.5. The SMILES string of the molecule is COC(=O)CCCCCO[C@H]1O[C@H](C)[C@@H](NC(C)=O)[C@H](O[C@H]2O[C@H](C)[C@@H](NC(C)=O)[C@H](O[C@H]3O[C@H](C)[C@@H](NC(C)=O)[C@H](OC(C)=O)[C@@H]3OC(C)=O)[C@@H]2OC(C)=O)[C@@H]1OC(C)=O. The minimum absolute atomic E-state index is 0.107. The van der Waals surface area contributed by atoms with Gasteiger partial charge in [0.1, 0.15) is 12.2 Å². The molecule has 0 aromatic heterocycles. The fourth-order valence-electron chi connectivity index (χ4n) is 7.41. The number of esters is 5.